The maximum atomic E-state index is 5.46. The average molecular weight is 334 g/mol. The molecule has 23 heavy (non-hydrogen) atoms. The molecule has 1 heterocycles. The summed E-state index contributed by atoms with van der Waals surface area (Å²) in [4.78, 5) is 9.12. The summed E-state index contributed by atoms with van der Waals surface area (Å²) in [7, 11) is 0. The van der Waals surface area contributed by atoms with E-state index in [4.69, 9.17) is 9.57 Å². The number of morpholine rings is 1. The number of thioether (sulfide) groups is 1. The molecule has 1 fully saturated rings. The third-order valence-corrected chi connectivity index (χ3v) is 4.56. The van der Waals surface area contributed by atoms with Crippen LogP contribution in [0.4, 0.5) is 0 Å². The molecule has 1 aliphatic heterocycles. The molecule has 1 unspecified atom stereocenters. The fraction of sp³-hybridized carbons (Fsp3) is 0.444. The van der Waals surface area contributed by atoms with Gasteiger partial charge in [0, 0.05) is 24.0 Å². The molecule has 1 aliphatic rings. The highest BCUT2D eigenvalue weighted by Crippen LogP contribution is 2.20. The SMILES string of the molecule is C=CCONC(=CC(C)N1CCOCC1)c1ccc(SC)cc1. The molecule has 0 bridgehead atoms. The van der Waals surface area contributed by atoms with Gasteiger partial charge in [-0.3, -0.25) is 15.2 Å². The highest BCUT2D eigenvalue weighted by atomic mass is 32.2. The maximum Gasteiger partial charge on any atom is 0.0925 e. The van der Waals surface area contributed by atoms with E-state index in [0.29, 0.717) is 12.6 Å². The molecule has 5 heteroatoms. The lowest BCUT2D eigenvalue weighted by Crippen LogP contribution is -2.41. The summed E-state index contributed by atoms with van der Waals surface area (Å²) in [6.07, 6.45) is 6.02. The second-order valence-electron chi connectivity index (χ2n) is 5.40. The van der Waals surface area contributed by atoms with Crippen molar-refractivity contribution in [3.05, 3.63) is 48.6 Å². The van der Waals surface area contributed by atoms with Gasteiger partial charge in [-0.25, -0.2) is 0 Å². The number of benzene rings is 1. The summed E-state index contributed by atoms with van der Waals surface area (Å²) in [6, 6.07) is 8.81. The van der Waals surface area contributed by atoms with Gasteiger partial charge in [-0.15, -0.1) is 18.3 Å². The standard InChI is InChI=1S/C18H26N2O2S/c1-4-11-22-19-18(16-5-7-17(23-3)8-6-16)14-15(2)20-9-12-21-13-10-20/h4-8,14-15,19H,1,9-13H2,2-3H3. The Balaban J connectivity index is 2.13. The molecule has 0 saturated carbocycles. The Bertz CT molecular complexity index is 510. The third kappa shape index (κ3) is 5.70. The Morgan fingerprint density at radius 1 is 1.39 bits per heavy atom. The minimum Gasteiger partial charge on any atom is -0.379 e. The largest absolute Gasteiger partial charge is 0.379 e. The van der Waals surface area contributed by atoms with Gasteiger partial charge in [0.25, 0.3) is 0 Å². The lowest BCUT2D eigenvalue weighted by molar-refractivity contribution is 0.0284. The van der Waals surface area contributed by atoms with E-state index < -0.39 is 0 Å². The van der Waals surface area contributed by atoms with Crippen LogP contribution in [0.1, 0.15) is 12.5 Å². The van der Waals surface area contributed by atoms with Gasteiger partial charge in [-0.2, -0.15) is 0 Å². The van der Waals surface area contributed by atoms with Gasteiger partial charge < -0.3 is 4.74 Å². The van der Waals surface area contributed by atoms with Crippen molar-refractivity contribution in [3.63, 3.8) is 0 Å². The number of ether oxygens (including phenoxy) is 1. The highest BCUT2D eigenvalue weighted by Gasteiger charge is 2.16. The zero-order valence-corrected chi connectivity index (χ0v) is 14.8. The predicted octanol–water partition coefficient (Wildman–Crippen LogP) is 3.18. The Morgan fingerprint density at radius 3 is 2.70 bits per heavy atom. The Labute approximate surface area is 143 Å². The number of nitrogens with zero attached hydrogens (tertiary/aromatic N) is 1. The smallest absolute Gasteiger partial charge is 0.0925 e. The van der Waals surface area contributed by atoms with E-state index in [9.17, 15) is 0 Å². The molecule has 1 atom stereocenters. The number of hydrogen-bond donors (Lipinski definition) is 1. The van der Waals surface area contributed by atoms with Crippen LogP contribution in [0.3, 0.4) is 0 Å². The van der Waals surface area contributed by atoms with Crippen LogP contribution < -0.4 is 5.48 Å². The first-order valence-electron chi connectivity index (χ1n) is 7.91. The molecule has 4 nitrogen and oxygen atoms in total. The summed E-state index contributed by atoms with van der Waals surface area (Å²) in [6.45, 7) is 9.88. The topological polar surface area (TPSA) is 33.7 Å². The Kier molecular flexibility index (Phi) is 7.68. The molecule has 0 aromatic heterocycles. The van der Waals surface area contributed by atoms with Crippen LogP contribution in [0.5, 0.6) is 0 Å². The van der Waals surface area contributed by atoms with E-state index in [1.54, 1.807) is 17.8 Å². The lowest BCUT2D eigenvalue weighted by atomic mass is 10.1. The first-order valence-corrected chi connectivity index (χ1v) is 9.14. The van der Waals surface area contributed by atoms with Crippen LogP contribution in [-0.2, 0) is 9.57 Å². The molecule has 0 radical (unpaired) electrons. The molecule has 126 valence electrons. The molecular weight excluding hydrogens is 308 g/mol. The quantitative estimate of drug-likeness (QED) is 0.342. The molecule has 2 rings (SSSR count). The molecule has 1 aromatic rings. The van der Waals surface area contributed by atoms with E-state index in [2.05, 4.69) is 60.5 Å². The van der Waals surface area contributed by atoms with E-state index in [1.807, 2.05) is 0 Å². The van der Waals surface area contributed by atoms with Gasteiger partial charge in [-0.05, 0) is 37.0 Å². The van der Waals surface area contributed by atoms with Crippen molar-refractivity contribution in [2.45, 2.75) is 17.9 Å². The zero-order chi connectivity index (χ0) is 16.5. The van der Waals surface area contributed by atoms with Crippen molar-refractivity contribution in [1.29, 1.82) is 0 Å². The third-order valence-electron chi connectivity index (χ3n) is 3.81. The monoisotopic (exact) mass is 334 g/mol. The van der Waals surface area contributed by atoms with E-state index in [-0.39, 0.29) is 0 Å². The summed E-state index contributed by atoms with van der Waals surface area (Å²) >= 11 is 1.74. The predicted molar refractivity (Wildman–Crippen MR) is 97.3 cm³/mol. The summed E-state index contributed by atoms with van der Waals surface area (Å²) in [5, 5.41) is 0. The van der Waals surface area contributed by atoms with E-state index >= 15 is 0 Å². The first kappa shape index (κ1) is 18.1. The molecular formula is C18H26N2O2S. The van der Waals surface area contributed by atoms with Crippen molar-refractivity contribution in [2.24, 2.45) is 0 Å². The zero-order valence-electron chi connectivity index (χ0n) is 14.0. The maximum absolute atomic E-state index is 5.46. The Morgan fingerprint density at radius 2 is 2.09 bits per heavy atom. The van der Waals surface area contributed by atoms with Crippen molar-refractivity contribution < 1.29 is 9.57 Å². The fourth-order valence-corrected chi connectivity index (χ4v) is 2.88. The average Bonchev–Trinajstić information content (AvgIpc) is 2.62. The fourth-order valence-electron chi connectivity index (χ4n) is 2.47. The summed E-state index contributed by atoms with van der Waals surface area (Å²) < 4.78 is 5.43. The van der Waals surface area contributed by atoms with Gasteiger partial charge >= 0.3 is 0 Å². The van der Waals surface area contributed by atoms with Crippen LogP contribution in [0.25, 0.3) is 5.70 Å². The molecule has 0 amide bonds. The molecule has 0 aliphatic carbocycles. The van der Waals surface area contributed by atoms with Crippen molar-refractivity contribution in [3.8, 4) is 0 Å². The van der Waals surface area contributed by atoms with E-state index in [0.717, 1.165) is 37.6 Å². The van der Waals surface area contributed by atoms with Crippen molar-refractivity contribution in [2.75, 3.05) is 39.2 Å². The van der Waals surface area contributed by atoms with Crippen molar-refractivity contribution in [1.82, 2.24) is 10.4 Å². The van der Waals surface area contributed by atoms with Gasteiger partial charge in [0.05, 0.1) is 25.5 Å². The number of nitrogens with one attached hydrogen (secondary N) is 1. The Hall–Kier alpha value is -1.27. The van der Waals surface area contributed by atoms with Gasteiger partial charge in [0.1, 0.15) is 0 Å². The lowest BCUT2D eigenvalue weighted by Gasteiger charge is -2.31. The van der Waals surface area contributed by atoms with Gasteiger partial charge in [0.2, 0.25) is 0 Å². The van der Waals surface area contributed by atoms with Crippen LogP contribution in [0.15, 0.2) is 47.9 Å². The van der Waals surface area contributed by atoms with Gasteiger partial charge in [0.15, 0.2) is 0 Å². The molecule has 1 aromatic carbocycles. The molecule has 1 N–H and O–H groups in total. The van der Waals surface area contributed by atoms with Crippen LogP contribution in [0.2, 0.25) is 0 Å². The summed E-state index contributed by atoms with van der Waals surface area (Å²) in [5.41, 5.74) is 5.17. The minimum absolute atomic E-state index is 0.314. The number of rotatable bonds is 8. The van der Waals surface area contributed by atoms with Crippen LogP contribution in [-0.4, -0.2) is 50.1 Å². The summed E-state index contributed by atoms with van der Waals surface area (Å²) in [5.74, 6) is 0. The second kappa shape index (κ2) is 9.78. The van der Waals surface area contributed by atoms with Crippen LogP contribution >= 0.6 is 11.8 Å². The number of hydroxylamine groups is 1. The second-order valence-corrected chi connectivity index (χ2v) is 6.28. The normalized spacial score (nSPS) is 17.7. The van der Waals surface area contributed by atoms with Crippen LogP contribution in [0, 0.1) is 0 Å². The number of hydrogen-bond acceptors (Lipinski definition) is 5. The highest BCUT2D eigenvalue weighted by molar-refractivity contribution is 7.98. The van der Waals surface area contributed by atoms with E-state index in [1.165, 1.54) is 4.90 Å². The first-order chi connectivity index (χ1) is 11.2. The molecule has 1 saturated heterocycles. The molecule has 0 spiro atoms. The van der Waals surface area contributed by atoms with Crippen molar-refractivity contribution >= 4 is 17.5 Å². The minimum atomic E-state index is 0.314. The van der Waals surface area contributed by atoms with Gasteiger partial charge in [-0.1, -0.05) is 18.2 Å².